The maximum Gasteiger partial charge on any atom is 0.319 e. The van der Waals surface area contributed by atoms with Crippen LogP contribution in [0.5, 0.6) is 0 Å². The van der Waals surface area contributed by atoms with Crippen LogP contribution in [0.3, 0.4) is 0 Å². The molecule has 0 fully saturated rings. The summed E-state index contributed by atoms with van der Waals surface area (Å²) >= 11 is 0. The van der Waals surface area contributed by atoms with E-state index in [0.717, 1.165) is 51.4 Å². The van der Waals surface area contributed by atoms with Gasteiger partial charge >= 0.3 is 20.2 Å². The van der Waals surface area contributed by atoms with E-state index < -0.39 is 8.25 Å². The predicted octanol–water partition coefficient (Wildman–Crippen LogP) is 7.56. The van der Waals surface area contributed by atoms with E-state index in [2.05, 4.69) is 0 Å². The smallest absolute Gasteiger partial charge is 0.319 e. The van der Waals surface area contributed by atoms with Crippen LogP contribution in [-0.4, -0.2) is 38.4 Å². The zero-order valence-corrected chi connectivity index (χ0v) is 22.9. The molecule has 0 aromatic heterocycles. The number of ether oxygens (including phenoxy) is 2. The lowest BCUT2D eigenvalue weighted by molar-refractivity contribution is -0.142. The molecule has 0 saturated carbocycles. The van der Waals surface area contributed by atoms with Gasteiger partial charge < -0.3 is 18.5 Å². The van der Waals surface area contributed by atoms with E-state index in [4.69, 9.17) is 18.5 Å². The Hall–Kier alpha value is -0.910. The monoisotopic (exact) mass is 506 g/mol. The second-order valence-electron chi connectivity index (χ2n) is 8.99. The molecule has 8 heteroatoms. The van der Waals surface area contributed by atoms with Crippen LogP contribution >= 0.6 is 8.25 Å². The molecule has 0 aromatic carbocycles. The van der Waals surface area contributed by atoms with E-state index in [0.29, 0.717) is 26.4 Å². The van der Waals surface area contributed by atoms with Crippen molar-refractivity contribution >= 4 is 20.2 Å². The third-order valence-corrected chi connectivity index (χ3v) is 6.51. The molecule has 202 valence electrons. The van der Waals surface area contributed by atoms with Crippen molar-refractivity contribution in [2.75, 3.05) is 26.4 Å². The van der Waals surface area contributed by atoms with Gasteiger partial charge in [-0.3, -0.25) is 14.2 Å². The van der Waals surface area contributed by atoms with Crippen molar-refractivity contribution < 1.29 is 32.7 Å². The van der Waals surface area contributed by atoms with Gasteiger partial charge in [0.2, 0.25) is 0 Å². The number of rotatable bonds is 26. The Bertz CT molecular complexity index is 458. The quantitative estimate of drug-likeness (QED) is 0.0679. The average molecular weight is 507 g/mol. The molecule has 0 rings (SSSR count). The zero-order chi connectivity index (χ0) is 25.1. The summed E-state index contributed by atoms with van der Waals surface area (Å²) in [7, 11) is -2.34. The summed E-state index contributed by atoms with van der Waals surface area (Å²) in [5.74, 6) is -0.387. The third-order valence-electron chi connectivity index (χ3n) is 5.63. The van der Waals surface area contributed by atoms with E-state index in [9.17, 15) is 14.2 Å². The first-order valence-electron chi connectivity index (χ1n) is 13.6. The fourth-order valence-electron chi connectivity index (χ4n) is 3.67. The maximum atomic E-state index is 11.8. The van der Waals surface area contributed by atoms with Gasteiger partial charge in [0.05, 0.1) is 26.4 Å². The second kappa shape index (κ2) is 26.7. The fourth-order valence-corrected chi connectivity index (χ4v) is 4.37. The van der Waals surface area contributed by atoms with Gasteiger partial charge in [-0.2, -0.15) is 0 Å². The van der Waals surface area contributed by atoms with Crippen LogP contribution in [0.1, 0.15) is 129 Å². The number of esters is 2. The molecule has 0 aliphatic rings. The molecule has 0 atom stereocenters. The van der Waals surface area contributed by atoms with Crippen molar-refractivity contribution in [1.82, 2.24) is 0 Å². The van der Waals surface area contributed by atoms with Crippen LogP contribution in [0.25, 0.3) is 0 Å². The van der Waals surface area contributed by atoms with Crippen LogP contribution in [0.4, 0.5) is 0 Å². The first kappa shape index (κ1) is 33.1. The summed E-state index contributed by atoms with van der Waals surface area (Å²) in [6.07, 6.45) is 20.4. The van der Waals surface area contributed by atoms with Gasteiger partial charge in [-0.15, -0.1) is 0 Å². The zero-order valence-electron chi connectivity index (χ0n) is 21.9. The highest BCUT2D eigenvalue weighted by molar-refractivity contribution is 7.33. The average Bonchev–Trinajstić information content (AvgIpc) is 2.79. The Morgan fingerprint density at radius 1 is 0.441 bits per heavy atom. The van der Waals surface area contributed by atoms with Crippen LogP contribution in [-0.2, 0) is 32.7 Å². The lowest BCUT2D eigenvalue weighted by Crippen LogP contribution is -2.00. The fraction of sp³-hybridized carbons (Fsp3) is 0.923. The first-order chi connectivity index (χ1) is 16.5. The number of carbonyl (C=O) groups excluding carboxylic acids is 2. The summed E-state index contributed by atoms with van der Waals surface area (Å²) in [6.45, 7) is 5.04. The maximum absolute atomic E-state index is 11.8. The highest BCUT2D eigenvalue weighted by atomic mass is 31.1. The SMILES string of the molecule is CC(=O)OCCCCCCCCCCCO[PH](=O)OCCCCCCCCCCCOC(C)=O. The molecule has 34 heavy (non-hydrogen) atoms. The van der Waals surface area contributed by atoms with Crippen molar-refractivity contribution in [2.45, 2.75) is 129 Å². The molecule has 0 aliphatic carbocycles. The van der Waals surface area contributed by atoms with E-state index in [1.54, 1.807) is 0 Å². The minimum Gasteiger partial charge on any atom is -0.466 e. The number of hydrogen-bond acceptors (Lipinski definition) is 7. The van der Waals surface area contributed by atoms with E-state index >= 15 is 0 Å². The molecule has 0 unspecified atom stereocenters. The van der Waals surface area contributed by atoms with Crippen molar-refractivity contribution in [3.8, 4) is 0 Å². The Balaban J connectivity index is 3.17. The summed E-state index contributed by atoms with van der Waals surface area (Å²) in [5, 5.41) is 0. The molecule has 0 radical (unpaired) electrons. The normalized spacial score (nSPS) is 11.1. The van der Waals surface area contributed by atoms with E-state index in [1.807, 2.05) is 0 Å². The molecule has 0 bridgehead atoms. The second-order valence-corrected chi connectivity index (χ2v) is 10.1. The first-order valence-corrected chi connectivity index (χ1v) is 14.8. The molecule has 0 heterocycles. The Morgan fingerprint density at radius 2 is 0.676 bits per heavy atom. The van der Waals surface area contributed by atoms with E-state index in [1.165, 1.54) is 78.1 Å². The van der Waals surface area contributed by atoms with Gasteiger partial charge in [0.25, 0.3) is 0 Å². The van der Waals surface area contributed by atoms with Gasteiger partial charge in [0, 0.05) is 13.8 Å². The summed E-state index contributed by atoms with van der Waals surface area (Å²) < 4.78 is 32.2. The lowest BCUT2D eigenvalue weighted by Gasteiger charge is -2.06. The highest BCUT2D eigenvalue weighted by Crippen LogP contribution is 2.25. The summed E-state index contributed by atoms with van der Waals surface area (Å²) in [4.78, 5) is 21.3. The van der Waals surface area contributed by atoms with Gasteiger partial charge in [-0.05, 0) is 25.7 Å². The number of unbranched alkanes of at least 4 members (excludes halogenated alkanes) is 16. The molecule has 7 nitrogen and oxygen atoms in total. The standard InChI is InChI=1S/C26H51O7P/c1-25(27)30-21-17-13-9-5-3-7-11-15-19-23-32-34(29)33-24-20-16-12-8-4-6-10-14-18-22-31-26(2)28/h34H,3-24H2,1-2H3. The highest BCUT2D eigenvalue weighted by Gasteiger charge is 2.01. The number of hydrogen-bond donors (Lipinski definition) is 0. The molecule has 0 aliphatic heterocycles. The van der Waals surface area contributed by atoms with Crippen molar-refractivity contribution in [1.29, 1.82) is 0 Å². The molecule has 0 saturated heterocycles. The van der Waals surface area contributed by atoms with E-state index in [-0.39, 0.29) is 11.9 Å². The molecule has 0 N–H and O–H groups in total. The summed E-state index contributed by atoms with van der Waals surface area (Å²) in [5.41, 5.74) is 0. The number of carbonyl (C=O) groups is 2. The van der Waals surface area contributed by atoms with Crippen LogP contribution in [0.2, 0.25) is 0 Å². The molecule has 0 aromatic rings. The molecular formula is C26H51O7P. The van der Waals surface area contributed by atoms with Crippen molar-refractivity contribution in [2.24, 2.45) is 0 Å². The largest absolute Gasteiger partial charge is 0.466 e. The predicted molar refractivity (Wildman–Crippen MR) is 137 cm³/mol. The molecule has 0 spiro atoms. The lowest BCUT2D eigenvalue weighted by atomic mass is 10.1. The molecule has 0 amide bonds. The minimum atomic E-state index is -2.34. The Labute approximate surface area is 209 Å². The van der Waals surface area contributed by atoms with Gasteiger partial charge in [-0.25, -0.2) is 0 Å². The third kappa shape index (κ3) is 29.1. The van der Waals surface area contributed by atoms with Gasteiger partial charge in [-0.1, -0.05) is 89.9 Å². The van der Waals surface area contributed by atoms with Gasteiger partial charge in [0.1, 0.15) is 0 Å². The van der Waals surface area contributed by atoms with Crippen molar-refractivity contribution in [3.63, 3.8) is 0 Å². The topological polar surface area (TPSA) is 88.1 Å². The minimum absolute atomic E-state index is 0.194. The van der Waals surface area contributed by atoms with Crippen LogP contribution < -0.4 is 0 Å². The van der Waals surface area contributed by atoms with Crippen LogP contribution in [0.15, 0.2) is 0 Å². The Morgan fingerprint density at radius 3 is 0.941 bits per heavy atom. The van der Waals surface area contributed by atoms with Crippen molar-refractivity contribution in [3.05, 3.63) is 0 Å². The summed E-state index contributed by atoms with van der Waals surface area (Å²) in [6, 6.07) is 0. The Kier molecular flexibility index (Phi) is 26.0. The van der Waals surface area contributed by atoms with Crippen LogP contribution in [0, 0.1) is 0 Å². The van der Waals surface area contributed by atoms with Gasteiger partial charge in [0.15, 0.2) is 0 Å². The molecular weight excluding hydrogens is 455 g/mol.